The summed E-state index contributed by atoms with van der Waals surface area (Å²) >= 11 is 6.07. The van der Waals surface area contributed by atoms with E-state index >= 15 is 0 Å². The van der Waals surface area contributed by atoms with E-state index in [0.717, 1.165) is 16.3 Å². The molecule has 0 radical (unpaired) electrons. The molecule has 0 bridgehead atoms. The third-order valence-corrected chi connectivity index (χ3v) is 2.67. The summed E-state index contributed by atoms with van der Waals surface area (Å²) in [6, 6.07) is 7.78. The SMILES string of the molecule is Cl.NCc1cncn1Cc1ccccc1Cl. The molecule has 0 atom stereocenters. The maximum absolute atomic E-state index is 6.07. The largest absolute Gasteiger partial charge is 0.329 e. The first kappa shape index (κ1) is 13.0. The molecule has 0 amide bonds. The van der Waals surface area contributed by atoms with E-state index in [4.69, 9.17) is 17.3 Å². The number of hydrogen-bond donors (Lipinski definition) is 1. The molecular weight excluding hydrogens is 245 g/mol. The fraction of sp³-hybridized carbons (Fsp3) is 0.182. The molecule has 2 rings (SSSR count). The van der Waals surface area contributed by atoms with Crippen molar-refractivity contribution in [1.29, 1.82) is 0 Å². The number of halogens is 2. The van der Waals surface area contributed by atoms with Crippen LogP contribution in [0.1, 0.15) is 11.3 Å². The molecule has 0 fully saturated rings. The fourth-order valence-corrected chi connectivity index (χ4v) is 1.67. The summed E-state index contributed by atoms with van der Waals surface area (Å²) in [7, 11) is 0. The van der Waals surface area contributed by atoms with Gasteiger partial charge in [-0.3, -0.25) is 0 Å². The Morgan fingerprint density at radius 2 is 2.06 bits per heavy atom. The lowest BCUT2D eigenvalue weighted by molar-refractivity contribution is 0.740. The number of benzene rings is 1. The van der Waals surface area contributed by atoms with Gasteiger partial charge in [-0.15, -0.1) is 12.4 Å². The third kappa shape index (κ3) is 2.76. The lowest BCUT2D eigenvalue weighted by Gasteiger charge is -2.07. The van der Waals surface area contributed by atoms with Gasteiger partial charge in [-0.2, -0.15) is 0 Å². The monoisotopic (exact) mass is 257 g/mol. The second kappa shape index (κ2) is 5.89. The van der Waals surface area contributed by atoms with Crippen LogP contribution in [0.25, 0.3) is 0 Å². The van der Waals surface area contributed by atoms with Crippen LogP contribution in [0.3, 0.4) is 0 Å². The molecule has 0 aliphatic carbocycles. The summed E-state index contributed by atoms with van der Waals surface area (Å²) in [5.74, 6) is 0. The standard InChI is InChI=1S/C11H12ClN3.ClH/c12-11-4-2-1-3-9(11)7-15-8-14-6-10(15)5-13;/h1-4,6,8H,5,7,13H2;1H. The number of aromatic nitrogens is 2. The average Bonchev–Trinajstić information content (AvgIpc) is 2.69. The Morgan fingerprint density at radius 1 is 1.31 bits per heavy atom. The van der Waals surface area contributed by atoms with Crippen LogP contribution >= 0.6 is 24.0 Å². The van der Waals surface area contributed by atoms with Crippen LogP contribution in [0.15, 0.2) is 36.8 Å². The molecule has 2 aromatic rings. The Hall–Kier alpha value is -1.03. The van der Waals surface area contributed by atoms with Crippen molar-refractivity contribution in [2.45, 2.75) is 13.1 Å². The lowest BCUT2D eigenvalue weighted by Crippen LogP contribution is -2.07. The second-order valence-corrected chi connectivity index (χ2v) is 3.72. The maximum atomic E-state index is 6.07. The second-order valence-electron chi connectivity index (χ2n) is 3.31. The minimum Gasteiger partial charge on any atom is -0.329 e. The summed E-state index contributed by atoms with van der Waals surface area (Å²) in [5, 5.41) is 0.772. The normalized spacial score (nSPS) is 9.88. The van der Waals surface area contributed by atoms with Gasteiger partial charge in [-0.05, 0) is 11.6 Å². The number of rotatable bonds is 3. The summed E-state index contributed by atoms with van der Waals surface area (Å²) in [5.41, 5.74) is 7.68. The van der Waals surface area contributed by atoms with Crippen LogP contribution in [0.4, 0.5) is 0 Å². The zero-order chi connectivity index (χ0) is 10.7. The van der Waals surface area contributed by atoms with Crippen molar-refractivity contribution >= 4 is 24.0 Å². The molecule has 2 N–H and O–H groups in total. The average molecular weight is 258 g/mol. The van der Waals surface area contributed by atoms with Crippen molar-refractivity contribution in [3.63, 3.8) is 0 Å². The Balaban J connectivity index is 0.00000128. The summed E-state index contributed by atoms with van der Waals surface area (Å²) in [6.07, 6.45) is 3.54. The van der Waals surface area contributed by atoms with Crippen molar-refractivity contribution in [3.8, 4) is 0 Å². The van der Waals surface area contributed by atoms with Crippen LogP contribution < -0.4 is 5.73 Å². The van der Waals surface area contributed by atoms with Crippen molar-refractivity contribution in [2.24, 2.45) is 5.73 Å². The van der Waals surface area contributed by atoms with Crippen LogP contribution in [-0.2, 0) is 13.1 Å². The molecule has 86 valence electrons. The van der Waals surface area contributed by atoms with E-state index in [2.05, 4.69) is 4.98 Å². The minimum absolute atomic E-state index is 0. The van der Waals surface area contributed by atoms with E-state index < -0.39 is 0 Å². The van der Waals surface area contributed by atoms with E-state index in [1.807, 2.05) is 28.8 Å². The first-order valence-corrected chi connectivity index (χ1v) is 5.11. The van der Waals surface area contributed by atoms with E-state index in [1.54, 1.807) is 12.5 Å². The number of nitrogens with zero attached hydrogens (tertiary/aromatic N) is 2. The minimum atomic E-state index is 0. The molecule has 1 aromatic heterocycles. The van der Waals surface area contributed by atoms with E-state index in [9.17, 15) is 0 Å². The number of imidazole rings is 1. The zero-order valence-electron chi connectivity index (χ0n) is 8.64. The number of hydrogen-bond acceptors (Lipinski definition) is 2. The van der Waals surface area contributed by atoms with E-state index in [1.165, 1.54) is 0 Å². The molecule has 5 heteroatoms. The highest BCUT2D eigenvalue weighted by atomic mass is 35.5. The Kier molecular flexibility index (Phi) is 4.80. The van der Waals surface area contributed by atoms with E-state index in [-0.39, 0.29) is 12.4 Å². The molecular formula is C11H13Cl2N3. The van der Waals surface area contributed by atoms with Gasteiger partial charge in [0.1, 0.15) is 0 Å². The fourth-order valence-electron chi connectivity index (χ4n) is 1.47. The predicted molar refractivity (Wildman–Crippen MR) is 67.9 cm³/mol. The molecule has 3 nitrogen and oxygen atoms in total. The first-order chi connectivity index (χ1) is 7.31. The van der Waals surface area contributed by atoms with Gasteiger partial charge < -0.3 is 10.3 Å². The van der Waals surface area contributed by atoms with Gasteiger partial charge in [0.05, 0.1) is 18.6 Å². The zero-order valence-corrected chi connectivity index (χ0v) is 10.2. The molecule has 0 aliphatic heterocycles. The Labute approximate surface area is 106 Å². The molecule has 16 heavy (non-hydrogen) atoms. The van der Waals surface area contributed by atoms with Crippen LogP contribution in [0.2, 0.25) is 5.02 Å². The molecule has 0 saturated carbocycles. The third-order valence-electron chi connectivity index (χ3n) is 2.31. The Morgan fingerprint density at radius 3 is 2.75 bits per heavy atom. The molecule has 0 spiro atoms. The predicted octanol–water partition coefficient (Wildman–Crippen LogP) is 2.47. The molecule has 0 aliphatic rings. The maximum Gasteiger partial charge on any atom is 0.0951 e. The lowest BCUT2D eigenvalue weighted by atomic mass is 10.2. The van der Waals surface area contributed by atoms with Gasteiger partial charge in [-0.25, -0.2) is 4.98 Å². The summed E-state index contributed by atoms with van der Waals surface area (Å²) < 4.78 is 2.00. The highest BCUT2D eigenvalue weighted by molar-refractivity contribution is 6.31. The van der Waals surface area contributed by atoms with Gasteiger partial charge in [0.2, 0.25) is 0 Å². The van der Waals surface area contributed by atoms with Gasteiger partial charge in [-0.1, -0.05) is 29.8 Å². The van der Waals surface area contributed by atoms with Crippen molar-refractivity contribution < 1.29 is 0 Å². The van der Waals surface area contributed by atoms with Gasteiger partial charge in [0, 0.05) is 17.8 Å². The first-order valence-electron chi connectivity index (χ1n) is 4.73. The smallest absolute Gasteiger partial charge is 0.0951 e. The van der Waals surface area contributed by atoms with Gasteiger partial charge >= 0.3 is 0 Å². The molecule has 1 heterocycles. The molecule has 1 aromatic carbocycles. The van der Waals surface area contributed by atoms with Crippen LogP contribution in [-0.4, -0.2) is 9.55 Å². The highest BCUT2D eigenvalue weighted by Gasteiger charge is 2.03. The van der Waals surface area contributed by atoms with Crippen molar-refractivity contribution in [2.75, 3.05) is 0 Å². The topological polar surface area (TPSA) is 43.8 Å². The van der Waals surface area contributed by atoms with Crippen LogP contribution in [0.5, 0.6) is 0 Å². The molecule has 0 saturated heterocycles. The number of nitrogens with two attached hydrogens (primary N) is 1. The van der Waals surface area contributed by atoms with Crippen LogP contribution in [0, 0.1) is 0 Å². The molecule has 0 unspecified atom stereocenters. The van der Waals surface area contributed by atoms with Crippen molar-refractivity contribution in [1.82, 2.24) is 9.55 Å². The van der Waals surface area contributed by atoms with Gasteiger partial charge in [0.25, 0.3) is 0 Å². The Bertz CT molecular complexity index is 454. The van der Waals surface area contributed by atoms with E-state index in [0.29, 0.717) is 13.1 Å². The summed E-state index contributed by atoms with van der Waals surface area (Å²) in [4.78, 5) is 4.06. The summed E-state index contributed by atoms with van der Waals surface area (Å²) in [6.45, 7) is 1.21. The highest BCUT2D eigenvalue weighted by Crippen LogP contribution is 2.16. The quantitative estimate of drug-likeness (QED) is 0.919. The van der Waals surface area contributed by atoms with Gasteiger partial charge in [0.15, 0.2) is 0 Å². The van der Waals surface area contributed by atoms with Crippen molar-refractivity contribution in [3.05, 3.63) is 53.1 Å².